The van der Waals surface area contributed by atoms with E-state index in [0.717, 1.165) is 38.5 Å². The van der Waals surface area contributed by atoms with Gasteiger partial charge in [0.05, 0.1) is 17.7 Å². The highest BCUT2D eigenvalue weighted by Crippen LogP contribution is 2.61. The molecule has 114 valence electrons. The van der Waals surface area contributed by atoms with E-state index in [1.807, 2.05) is 0 Å². The highest BCUT2D eigenvalue weighted by Gasteiger charge is 2.60. The van der Waals surface area contributed by atoms with Crippen molar-refractivity contribution >= 4 is 5.91 Å². The first-order valence-electron chi connectivity index (χ1n) is 8.05. The van der Waals surface area contributed by atoms with Crippen LogP contribution in [0.5, 0.6) is 0 Å². The fraction of sp³-hybridized carbons (Fsp3) is 0.875. The van der Waals surface area contributed by atoms with Crippen molar-refractivity contribution in [3.05, 3.63) is 0 Å². The molecule has 4 aliphatic carbocycles. The number of rotatable bonds is 2. The zero-order valence-corrected chi connectivity index (χ0v) is 12.1. The minimum Gasteiger partial charge on any atom is -0.390 e. The van der Waals surface area contributed by atoms with Gasteiger partial charge >= 0.3 is 0 Å². The lowest BCUT2D eigenvalue weighted by Gasteiger charge is -2.56. The molecule has 0 aliphatic heterocycles. The van der Waals surface area contributed by atoms with Crippen LogP contribution in [-0.2, 0) is 4.79 Å². The van der Waals surface area contributed by atoms with Crippen LogP contribution in [0, 0.1) is 34.5 Å². The van der Waals surface area contributed by atoms with Gasteiger partial charge < -0.3 is 15.5 Å². The smallest absolute Gasteiger partial charge is 0.223 e. The number of hydrogen-bond acceptors (Lipinski definition) is 4. The van der Waals surface area contributed by atoms with Crippen molar-refractivity contribution < 1.29 is 15.0 Å². The number of aliphatic hydroxyl groups excluding tert-OH is 2. The van der Waals surface area contributed by atoms with Gasteiger partial charge in [-0.1, -0.05) is 0 Å². The lowest BCUT2D eigenvalue weighted by atomic mass is 9.48. The Morgan fingerprint density at radius 3 is 2.48 bits per heavy atom. The van der Waals surface area contributed by atoms with Crippen molar-refractivity contribution in [2.24, 2.45) is 23.2 Å². The Balaban J connectivity index is 1.35. The molecule has 0 heterocycles. The number of nitriles is 1. The lowest BCUT2D eigenvalue weighted by Crippen LogP contribution is -2.60. The zero-order chi connectivity index (χ0) is 14.8. The molecule has 5 heteroatoms. The van der Waals surface area contributed by atoms with Gasteiger partial charge in [0, 0.05) is 11.8 Å². The highest BCUT2D eigenvalue weighted by atomic mass is 16.3. The van der Waals surface area contributed by atoms with Crippen LogP contribution in [-0.4, -0.2) is 33.9 Å². The maximum Gasteiger partial charge on any atom is 0.223 e. The molecule has 4 aliphatic rings. The van der Waals surface area contributed by atoms with Crippen LogP contribution in [0.25, 0.3) is 0 Å². The quantitative estimate of drug-likeness (QED) is 0.698. The van der Waals surface area contributed by atoms with Crippen LogP contribution in [0.1, 0.15) is 44.9 Å². The summed E-state index contributed by atoms with van der Waals surface area (Å²) in [6.07, 6.45) is 4.52. The molecular weight excluding hydrogens is 268 g/mol. The molecule has 0 aromatic heterocycles. The number of nitrogens with zero attached hydrogens (tertiary/aromatic N) is 1. The van der Waals surface area contributed by atoms with E-state index >= 15 is 0 Å². The second kappa shape index (κ2) is 4.21. The van der Waals surface area contributed by atoms with Crippen LogP contribution in [0.2, 0.25) is 0 Å². The summed E-state index contributed by atoms with van der Waals surface area (Å²) in [4.78, 5) is 12.4. The van der Waals surface area contributed by atoms with Gasteiger partial charge in [0.15, 0.2) is 0 Å². The minimum atomic E-state index is -0.819. The average molecular weight is 290 g/mol. The number of amides is 1. The summed E-state index contributed by atoms with van der Waals surface area (Å²) < 4.78 is 0. The van der Waals surface area contributed by atoms with E-state index in [-0.39, 0.29) is 29.1 Å². The number of nitrogens with one attached hydrogen (secondary N) is 1. The topological polar surface area (TPSA) is 93.4 Å². The minimum absolute atomic E-state index is 0.0306. The summed E-state index contributed by atoms with van der Waals surface area (Å²) in [6, 6.07) is 2.30. The summed E-state index contributed by atoms with van der Waals surface area (Å²) >= 11 is 0. The zero-order valence-electron chi connectivity index (χ0n) is 12.1. The van der Waals surface area contributed by atoms with E-state index in [4.69, 9.17) is 5.26 Å². The van der Waals surface area contributed by atoms with Gasteiger partial charge in [0.1, 0.15) is 6.10 Å². The SMILES string of the molecule is N#CC1CC2(C1)CC(C(=O)NC13CCC(C1)[C@H](O)[C@@H]3O)C2. The van der Waals surface area contributed by atoms with E-state index in [2.05, 4.69) is 11.4 Å². The molecular formula is C16H22N2O3. The monoisotopic (exact) mass is 290 g/mol. The summed E-state index contributed by atoms with van der Waals surface area (Å²) in [6.45, 7) is 0. The predicted octanol–water partition coefficient (Wildman–Crippen LogP) is 0.707. The van der Waals surface area contributed by atoms with Crippen LogP contribution < -0.4 is 5.32 Å². The van der Waals surface area contributed by atoms with E-state index < -0.39 is 17.7 Å². The van der Waals surface area contributed by atoms with Crippen molar-refractivity contribution in [1.82, 2.24) is 5.32 Å². The third-order valence-electron chi connectivity index (χ3n) is 6.60. The van der Waals surface area contributed by atoms with Gasteiger partial charge in [-0.2, -0.15) is 5.26 Å². The largest absolute Gasteiger partial charge is 0.390 e. The lowest BCUT2D eigenvalue weighted by molar-refractivity contribution is -0.143. The van der Waals surface area contributed by atoms with Gasteiger partial charge in [-0.3, -0.25) is 4.79 Å². The van der Waals surface area contributed by atoms with Gasteiger partial charge in [-0.05, 0) is 56.3 Å². The first-order chi connectivity index (χ1) is 9.97. The molecule has 21 heavy (non-hydrogen) atoms. The van der Waals surface area contributed by atoms with Crippen molar-refractivity contribution in [1.29, 1.82) is 5.26 Å². The summed E-state index contributed by atoms with van der Waals surface area (Å²) in [5, 5.41) is 32.0. The first-order valence-corrected chi connectivity index (χ1v) is 8.05. The standard InChI is InChI=1S/C16H22N2O3/c17-8-9-3-15(4-9)5-11(6-15)14(21)18-16-2-1-10(7-16)12(19)13(16)20/h9-13,19-20H,1-7H2,(H,18,21)/t9?,10?,11?,12-,13-,15?,16?/m0/s1. The Morgan fingerprint density at radius 1 is 1.19 bits per heavy atom. The van der Waals surface area contributed by atoms with Gasteiger partial charge in [-0.15, -0.1) is 0 Å². The highest BCUT2D eigenvalue weighted by molar-refractivity contribution is 5.81. The van der Waals surface area contributed by atoms with E-state index in [9.17, 15) is 15.0 Å². The molecule has 3 N–H and O–H groups in total. The number of carbonyl (C=O) groups excluding carboxylic acids is 1. The second-order valence-electron chi connectivity index (χ2n) is 7.92. The third kappa shape index (κ3) is 1.79. The van der Waals surface area contributed by atoms with Crippen LogP contribution in [0.15, 0.2) is 0 Å². The summed E-state index contributed by atoms with van der Waals surface area (Å²) in [7, 11) is 0. The van der Waals surface area contributed by atoms with Crippen LogP contribution >= 0.6 is 0 Å². The number of aliphatic hydroxyl groups is 2. The molecule has 1 amide bonds. The Bertz CT molecular complexity index is 514. The number of fused-ring (bicyclic) bond motifs is 2. The Morgan fingerprint density at radius 2 is 1.90 bits per heavy atom. The average Bonchev–Trinajstić information content (AvgIpc) is 2.87. The molecule has 2 unspecified atom stereocenters. The molecule has 1 spiro atoms. The molecule has 4 fully saturated rings. The summed E-state index contributed by atoms with van der Waals surface area (Å²) in [5.41, 5.74) is -0.329. The van der Waals surface area contributed by atoms with Crippen molar-refractivity contribution in [3.8, 4) is 6.07 Å². The van der Waals surface area contributed by atoms with E-state index in [0.29, 0.717) is 6.42 Å². The molecule has 0 saturated heterocycles. The van der Waals surface area contributed by atoms with Gasteiger partial charge in [0.25, 0.3) is 0 Å². The molecule has 5 nitrogen and oxygen atoms in total. The number of carbonyl (C=O) groups is 1. The van der Waals surface area contributed by atoms with Crippen LogP contribution in [0.4, 0.5) is 0 Å². The van der Waals surface area contributed by atoms with Gasteiger partial charge in [-0.25, -0.2) is 0 Å². The molecule has 0 radical (unpaired) electrons. The maximum atomic E-state index is 12.4. The Hall–Kier alpha value is -1.12. The summed E-state index contributed by atoms with van der Waals surface area (Å²) in [5.74, 6) is 0.392. The van der Waals surface area contributed by atoms with Crippen molar-refractivity contribution in [2.75, 3.05) is 0 Å². The first kappa shape index (κ1) is 13.5. The molecule has 4 saturated carbocycles. The Labute approximate surface area is 124 Å². The van der Waals surface area contributed by atoms with Crippen molar-refractivity contribution in [3.63, 3.8) is 0 Å². The van der Waals surface area contributed by atoms with E-state index in [1.54, 1.807) is 0 Å². The molecule has 4 atom stereocenters. The molecule has 4 rings (SSSR count). The molecule has 0 aromatic rings. The fourth-order valence-electron chi connectivity index (χ4n) is 5.38. The fourth-order valence-corrected chi connectivity index (χ4v) is 5.38. The normalized spacial score (nSPS) is 53.9. The van der Waals surface area contributed by atoms with Gasteiger partial charge in [0.2, 0.25) is 5.91 Å². The Kier molecular flexibility index (Phi) is 2.71. The molecule has 2 bridgehead atoms. The molecule has 0 aromatic carbocycles. The second-order valence-corrected chi connectivity index (χ2v) is 7.92. The van der Waals surface area contributed by atoms with Crippen LogP contribution in [0.3, 0.4) is 0 Å². The number of hydrogen-bond donors (Lipinski definition) is 3. The van der Waals surface area contributed by atoms with E-state index in [1.165, 1.54) is 0 Å². The third-order valence-corrected chi connectivity index (χ3v) is 6.60. The maximum absolute atomic E-state index is 12.4. The van der Waals surface area contributed by atoms with Crippen molar-refractivity contribution in [2.45, 2.75) is 62.7 Å². The predicted molar refractivity (Wildman–Crippen MR) is 73.7 cm³/mol.